The van der Waals surface area contributed by atoms with Crippen LogP contribution in [0.3, 0.4) is 0 Å². The quantitative estimate of drug-likeness (QED) is 0.130. The third-order valence-electron chi connectivity index (χ3n) is 4.04. The first-order chi connectivity index (χ1) is 15.9. The van der Waals surface area contributed by atoms with Crippen LogP contribution in [0.25, 0.3) is 6.08 Å². The summed E-state index contributed by atoms with van der Waals surface area (Å²) in [5.74, 6) is -0.842. The molecule has 10 nitrogen and oxygen atoms in total. The molecule has 34 heavy (non-hydrogen) atoms. The fourth-order valence-electron chi connectivity index (χ4n) is 2.73. The van der Waals surface area contributed by atoms with Gasteiger partial charge in [0.15, 0.2) is 0 Å². The van der Waals surface area contributed by atoms with Crippen molar-refractivity contribution in [2.45, 2.75) is 32.4 Å². The van der Waals surface area contributed by atoms with Gasteiger partial charge in [0.25, 0.3) is 5.09 Å². The molecule has 0 N–H and O–H groups in total. The number of carbonyl (C=O) groups excluding carboxylic acids is 2. The van der Waals surface area contributed by atoms with E-state index in [1.165, 1.54) is 17.8 Å². The van der Waals surface area contributed by atoms with Gasteiger partial charge in [-0.3, -0.25) is 0 Å². The lowest BCUT2D eigenvalue weighted by Gasteiger charge is -2.29. The van der Waals surface area contributed by atoms with Gasteiger partial charge in [0.05, 0.1) is 5.57 Å². The molecule has 0 saturated heterocycles. The Kier molecular flexibility index (Phi) is 9.85. The van der Waals surface area contributed by atoms with Crippen LogP contribution in [0.5, 0.6) is 5.75 Å². The summed E-state index contributed by atoms with van der Waals surface area (Å²) in [6.07, 6.45) is -9.23. The molecule has 1 aromatic carbocycles. The summed E-state index contributed by atoms with van der Waals surface area (Å²) in [5, 5.41) is 9.06. The number of halogens is 4. The van der Waals surface area contributed by atoms with Crippen LogP contribution in [0.15, 0.2) is 22.2 Å². The van der Waals surface area contributed by atoms with E-state index in [2.05, 4.69) is 20.8 Å². The van der Waals surface area contributed by atoms with Gasteiger partial charge in [-0.1, -0.05) is 15.9 Å². The van der Waals surface area contributed by atoms with Crippen molar-refractivity contribution in [2.24, 2.45) is 0 Å². The van der Waals surface area contributed by atoms with Gasteiger partial charge in [-0.05, 0) is 30.7 Å². The molecule has 15 heteroatoms. The van der Waals surface area contributed by atoms with Crippen LogP contribution in [0.2, 0.25) is 0 Å². The Morgan fingerprint density at radius 1 is 1.26 bits per heavy atom. The first kappa shape index (κ1) is 27.6. The molecule has 2 atom stereocenters. The van der Waals surface area contributed by atoms with Crippen molar-refractivity contribution in [3.63, 3.8) is 0 Å². The molecular weight excluding hydrogens is 555 g/mol. The second-order valence-corrected chi connectivity index (χ2v) is 8.78. The molecule has 0 amide bonds. The fraction of sp³-hybridized carbons (Fsp3) is 0.474. The van der Waals surface area contributed by atoms with Crippen molar-refractivity contribution in [2.75, 3.05) is 24.7 Å². The number of hydrogen-bond acceptors (Lipinski definition) is 10. The molecule has 0 bridgehead atoms. The Labute approximate surface area is 203 Å². The lowest BCUT2D eigenvalue weighted by Crippen LogP contribution is -2.41. The van der Waals surface area contributed by atoms with E-state index in [9.17, 15) is 32.9 Å². The van der Waals surface area contributed by atoms with Crippen molar-refractivity contribution in [3.8, 4) is 5.75 Å². The molecule has 1 aliphatic heterocycles. The van der Waals surface area contributed by atoms with Gasteiger partial charge in [0.2, 0.25) is 12.4 Å². The second-order valence-electron chi connectivity index (χ2n) is 6.64. The normalized spacial score (nSPS) is 15.8. The van der Waals surface area contributed by atoms with Crippen LogP contribution in [0.4, 0.5) is 18.0 Å². The topological polar surface area (TPSA) is 123 Å². The number of benzene rings is 1. The molecule has 1 unspecified atom stereocenters. The number of nitrogens with zero attached hydrogens (tertiary/aromatic N) is 1. The molecule has 0 saturated carbocycles. The van der Waals surface area contributed by atoms with Crippen LogP contribution in [0, 0.1) is 17.0 Å². The largest absolute Gasteiger partial charge is 0.511 e. The Morgan fingerprint density at radius 3 is 2.59 bits per heavy atom. The Bertz CT molecular complexity index is 958. The first-order valence-corrected chi connectivity index (χ1v) is 11.5. The first-order valence-electron chi connectivity index (χ1n) is 9.53. The van der Waals surface area contributed by atoms with E-state index in [1.54, 1.807) is 13.0 Å². The maximum Gasteiger partial charge on any atom is 0.511 e. The number of hydrogen-bond donors (Lipinski definition) is 0. The molecule has 0 spiro atoms. The summed E-state index contributed by atoms with van der Waals surface area (Å²) in [4.78, 5) is 38.2. The van der Waals surface area contributed by atoms with E-state index < -0.39 is 41.4 Å². The van der Waals surface area contributed by atoms with E-state index >= 15 is 0 Å². The number of alkyl halides is 3. The average molecular weight is 574 g/mol. The third kappa shape index (κ3) is 8.27. The number of fused-ring (bicyclic) bond motifs is 1. The fourth-order valence-corrected chi connectivity index (χ4v) is 3.91. The van der Waals surface area contributed by atoms with E-state index in [-0.39, 0.29) is 36.0 Å². The predicted molar refractivity (Wildman–Crippen MR) is 116 cm³/mol. The minimum atomic E-state index is -4.91. The maximum absolute atomic E-state index is 13.6. The summed E-state index contributed by atoms with van der Waals surface area (Å²) < 4.78 is 60.6. The zero-order valence-electron chi connectivity index (χ0n) is 17.8. The van der Waals surface area contributed by atoms with Crippen molar-refractivity contribution in [1.82, 2.24) is 0 Å². The summed E-state index contributed by atoms with van der Waals surface area (Å²) in [6.45, 7) is 2.44. The molecule has 2 rings (SSSR count). The van der Waals surface area contributed by atoms with E-state index in [0.29, 0.717) is 10.0 Å². The summed E-state index contributed by atoms with van der Waals surface area (Å²) >= 11 is 4.44. The van der Waals surface area contributed by atoms with Gasteiger partial charge >= 0.3 is 18.3 Å². The van der Waals surface area contributed by atoms with Crippen molar-refractivity contribution >= 4 is 45.9 Å². The molecule has 1 aliphatic rings. The average Bonchev–Trinajstić information content (AvgIpc) is 2.70. The van der Waals surface area contributed by atoms with E-state index in [0.717, 1.165) is 13.0 Å². The lowest BCUT2D eigenvalue weighted by atomic mass is 9.99. The molecule has 1 heterocycles. The van der Waals surface area contributed by atoms with Crippen molar-refractivity contribution in [1.29, 1.82) is 0 Å². The van der Waals surface area contributed by atoms with Gasteiger partial charge in [-0.25, -0.2) is 9.59 Å². The molecular formula is C19H19BrF3NO9S. The molecule has 0 fully saturated rings. The Morgan fingerprint density at radius 2 is 1.94 bits per heavy atom. The highest BCUT2D eigenvalue weighted by atomic mass is 79.9. The molecule has 0 radical (unpaired) electrons. The van der Waals surface area contributed by atoms with Gasteiger partial charge in [-0.15, -0.1) is 10.1 Å². The summed E-state index contributed by atoms with van der Waals surface area (Å²) in [5.41, 5.74) is -0.131. The number of ether oxygens (including phenoxy) is 4. The van der Waals surface area contributed by atoms with E-state index in [4.69, 9.17) is 18.9 Å². The van der Waals surface area contributed by atoms with Gasteiger partial charge in [0, 0.05) is 28.5 Å². The Hall–Kier alpha value is -2.68. The molecule has 1 aromatic rings. The SMILES string of the molecule is Cc1cc(Br)cc2c1O[C@H](C(F)(F)F)C(C(=O)OC(C)OC(=O)OCCSCCO[N+](=O)[O-])=C2. The van der Waals surface area contributed by atoms with Gasteiger partial charge < -0.3 is 23.8 Å². The highest BCUT2D eigenvalue weighted by Crippen LogP contribution is 2.40. The van der Waals surface area contributed by atoms with Crippen LogP contribution >= 0.6 is 27.7 Å². The Balaban J connectivity index is 1.92. The number of rotatable bonds is 10. The smallest absolute Gasteiger partial charge is 0.475 e. The lowest BCUT2D eigenvalue weighted by molar-refractivity contribution is -0.756. The monoisotopic (exact) mass is 573 g/mol. The van der Waals surface area contributed by atoms with Crippen molar-refractivity contribution in [3.05, 3.63) is 43.4 Å². The third-order valence-corrected chi connectivity index (χ3v) is 5.41. The van der Waals surface area contributed by atoms with Crippen molar-refractivity contribution < 1.29 is 51.6 Å². The summed E-state index contributed by atoms with van der Waals surface area (Å²) in [7, 11) is 0. The highest BCUT2D eigenvalue weighted by molar-refractivity contribution is 9.10. The number of carbonyl (C=O) groups is 2. The van der Waals surface area contributed by atoms with Crippen LogP contribution in [-0.2, 0) is 23.8 Å². The van der Waals surface area contributed by atoms with Gasteiger partial charge in [0.1, 0.15) is 19.0 Å². The molecule has 188 valence electrons. The second kappa shape index (κ2) is 12.1. The van der Waals surface area contributed by atoms with Gasteiger partial charge in [-0.2, -0.15) is 24.9 Å². The predicted octanol–water partition coefficient (Wildman–Crippen LogP) is 4.45. The van der Waals surface area contributed by atoms with Crippen LogP contribution in [0.1, 0.15) is 18.1 Å². The minimum absolute atomic E-state index is 0.0160. The van der Waals surface area contributed by atoms with E-state index in [1.807, 2.05) is 0 Å². The number of thioether (sulfide) groups is 1. The summed E-state index contributed by atoms with van der Waals surface area (Å²) in [6, 6.07) is 3.06. The molecule has 0 aliphatic carbocycles. The number of aryl methyl sites for hydroxylation is 1. The van der Waals surface area contributed by atoms with Crippen LogP contribution in [-0.4, -0.2) is 60.5 Å². The number of esters is 1. The zero-order valence-corrected chi connectivity index (χ0v) is 20.2. The minimum Gasteiger partial charge on any atom is -0.475 e. The highest BCUT2D eigenvalue weighted by Gasteiger charge is 2.49. The molecule has 0 aromatic heterocycles. The van der Waals surface area contributed by atoms with Crippen LogP contribution < -0.4 is 4.74 Å². The standard InChI is InChI=1S/C19H19BrF3NO9S/c1-10-7-13(20)8-12-9-14(16(19(21,22)23)33-15(10)12)17(25)31-11(2)32-18(26)29-3-5-34-6-4-30-24(27)28/h7-9,11,16H,3-6H2,1-2H3/t11?,16-/m0/s1. The maximum atomic E-state index is 13.6. The zero-order chi connectivity index (χ0) is 25.5.